The Hall–Kier alpha value is -1.66. The molecule has 13 heavy (non-hydrogen) atoms. The van der Waals surface area contributed by atoms with Gasteiger partial charge in [-0.25, -0.2) is 4.39 Å². The maximum Gasteiger partial charge on any atom is 0.151 e. The van der Waals surface area contributed by atoms with Gasteiger partial charge in [-0.15, -0.1) is 0 Å². The lowest BCUT2D eigenvalue weighted by atomic mass is 10.1. The van der Waals surface area contributed by atoms with Crippen molar-refractivity contribution in [3.8, 4) is 11.8 Å². The molecule has 0 heterocycles. The second-order valence-electron chi connectivity index (χ2n) is 2.33. The van der Waals surface area contributed by atoms with E-state index in [1.807, 2.05) is 0 Å². The van der Waals surface area contributed by atoms with Crippen molar-refractivity contribution < 1.29 is 9.18 Å². The Balaban J connectivity index is 3.22. The summed E-state index contributed by atoms with van der Waals surface area (Å²) >= 11 is 0. The number of hydrogen-bond donors (Lipinski definition) is 1. The highest BCUT2D eigenvalue weighted by Gasteiger charge is 2.03. The molecule has 1 aromatic rings. The molecule has 0 unspecified atom stereocenters. The third-order valence-corrected chi connectivity index (χ3v) is 1.49. The smallest absolute Gasteiger partial charge is 0.151 e. The van der Waals surface area contributed by atoms with Gasteiger partial charge in [-0.05, 0) is 6.07 Å². The van der Waals surface area contributed by atoms with Gasteiger partial charge in [0.1, 0.15) is 5.82 Å². The molecular weight excluding hydrogens is 169 g/mol. The highest BCUT2D eigenvalue weighted by Crippen LogP contribution is 2.09. The lowest BCUT2D eigenvalue weighted by Crippen LogP contribution is -1.96. The Labute approximate surface area is 75.6 Å². The molecule has 0 radical (unpaired) electrons. The summed E-state index contributed by atoms with van der Waals surface area (Å²) in [4.78, 5) is 10.5. The van der Waals surface area contributed by atoms with Crippen molar-refractivity contribution in [1.29, 1.82) is 0 Å². The van der Waals surface area contributed by atoms with Crippen molar-refractivity contribution in [2.24, 2.45) is 5.73 Å². The van der Waals surface area contributed by atoms with E-state index in [4.69, 9.17) is 5.73 Å². The van der Waals surface area contributed by atoms with Crippen molar-refractivity contribution in [2.45, 2.75) is 0 Å². The second-order valence-corrected chi connectivity index (χ2v) is 2.33. The molecule has 0 fully saturated rings. The molecule has 0 saturated heterocycles. The SMILES string of the molecule is NCC#Cc1c(F)cccc1C=O. The molecule has 1 aromatic carbocycles. The molecule has 0 aliphatic carbocycles. The van der Waals surface area contributed by atoms with Crippen LogP contribution in [0.4, 0.5) is 4.39 Å². The molecular formula is C10H8FNO. The summed E-state index contributed by atoms with van der Waals surface area (Å²) in [5.74, 6) is 4.51. The zero-order chi connectivity index (χ0) is 9.68. The molecule has 0 aromatic heterocycles. The molecule has 3 heteroatoms. The van der Waals surface area contributed by atoms with Crippen LogP contribution in [0, 0.1) is 17.7 Å². The van der Waals surface area contributed by atoms with Crippen molar-refractivity contribution in [3.63, 3.8) is 0 Å². The van der Waals surface area contributed by atoms with Crippen LogP contribution < -0.4 is 5.73 Å². The van der Waals surface area contributed by atoms with Gasteiger partial charge in [-0.1, -0.05) is 24.0 Å². The summed E-state index contributed by atoms with van der Waals surface area (Å²) in [6.45, 7) is 0.145. The molecule has 0 atom stereocenters. The van der Waals surface area contributed by atoms with Gasteiger partial charge < -0.3 is 5.73 Å². The molecule has 2 N–H and O–H groups in total. The van der Waals surface area contributed by atoms with E-state index in [0.29, 0.717) is 6.29 Å². The number of hydrogen-bond acceptors (Lipinski definition) is 2. The summed E-state index contributed by atoms with van der Waals surface area (Å²) in [7, 11) is 0. The van der Waals surface area contributed by atoms with Crippen molar-refractivity contribution >= 4 is 6.29 Å². The summed E-state index contributed by atoms with van der Waals surface area (Å²) in [5, 5.41) is 0. The Morgan fingerprint density at radius 1 is 1.54 bits per heavy atom. The van der Waals surface area contributed by atoms with Crippen LogP contribution in [-0.4, -0.2) is 12.8 Å². The van der Waals surface area contributed by atoms with Crippen LogP contribution in [0.5, 0.6) is 0 Å². The third-order valence-electron chi connectivity index (χ3n) is 1.49. The van der Waals surface area contributed by atoms with Crippen LogP contribution in [0.15, 0.2) is 18.2 Å². The van der Waals surface area contributed by atoms with Gasteiger partial charge in [0.05, 0.1) is 12.1 Å². The first kappa shape index (κ1) is 9.43. The zero-order valence-corrected chi connectivity index (χ0v) is 6.88. The van der Waals surface area contributed by atoms with E-state index in [1.165, 1.54) is 18.2 Å². The second kappa shape index (κ2) is 4.39. The van der Waals surface area contributed by atoms with E-state index in [0.717, 1.165) is 0 Å². The first-order valence-electron chi connectivity index (χ1n) is 3.72. The lowest BCUT2D eigenvalue weighted by Gasteiger charge is -1.96. The topological polar surface area (TPSA) is 43.1 Å². The van der Waals surface area contributed by atoms with Gasteiger partial charge >= 0.3 is 0 Å². The minimum Gasteiger partial charge on any atom is -0.320 e. The zero-order valence-electron chi connectivity index (χ0n) is 6.88. The fourth-order valence-corrected chi connectivity index (χ4v) is 0.910. The molecule has 1 rings (SSSR count). The number of carbonyl (C=O) groups is 1. The van der Waals surface area contributed by atoms with Gasteiger partial charge in [0, 0.05) is 5.56 Å². The fourth-order valence-electron chi connectivity index (χ4n) is 0.910. The molecule has 0 aliphatic heterocycles. The van der Waals surface area contributed by atoms with Gasteiger partial charge in [0.2, 0.25) is 0 Å². The Morgan fingerprint density at radius 3 is 2.92 bits per heavy atom. The average molecular weight is 177 g/mol. The van der Waals surface area contributed by atoms with Gasteiger partial charge in [0.15, 0.2) is 6.29 Å². The van der Waals surface area contributed by atoms with E-state index >= 15 is 0 Å². The summed E-state index contributed by atoms with van der Waals surface area (Å²) in [6.07, 6.45) is 0.573. The number of benzene rings is 1. The molecule has 0 spiro atoms. The minimum absolute atomic E-state index is 0.114. The highest BCUT2D eigenvalue weighted by molar-refractivity contribution is 5.79. The van der Waals surface area contributed by atoms with E-state index in [-0.39, 0.29) is 17.7 Å². The fraction of sp³-hybridized carbons (Fsp3) is 0.100. The van der Waals surface area contributed by atoms with Crippen molar-refractivity contribution in [1.82, 2.24) is 0 Å². The van der Waals surface area contributed by atoms with Crippen LogP contribution >= 0.6 is 0 Å². The van der Waals surface area contributed by atoms with Crippen LogP contribution in [0.2, 0.25) is 0 Å². The summed E-state index contributed by atoms with van der Waals surface area (Å²) < 4.78 is 13.1. The Kier molecular flexibility index (Phi) is 3.18. The quantitative estimate of drug-likeness (QED) is 0.512. The normalized spacial score (nSPS) is 8.77. The van der Waals surface area contributed by atoms with Crippen LogP contribution in [0.1, 0.15) is 15.9 Å². The maximum absolute atomic E-state index is 13.1. The summed E-state index contributed by atoms with van der Waals surface area (Å²) in [6, 6.07) is 4.23. The monoisotopic (exact) mass is 177 g/mol. The predicted octanol–water partition coefficient (Wildman–Crippen LogP) is 0.948. The van der Waals surface area contributed by atoms with Crippen molar-refractivity contribution in [3.05, 3.63) is 35.1 Å². The summed E-state index contributed by atoms with van der Waals surface area (Å²) in [5.41, 5.74) is 5.50. The van der Waals surface area contributed by atoms with Gasteiger partial charge in [0.25, 0.3) is 0 Å². The highest BCUT2D eigenvalue weighted by atomic mass is 19.1. The number of carbonyl (C=O) groups excluding carboxylic acids is 1. The van der Waals surface area contributed by atoms with E-state index < -0.39 is 5.82 Å². The largest absolute Gasteiger partial charge is 0.320 e. The van der Waals surface area contributed by atoms with Gasteiger partial charge in [-0.2, -0.15) is 0 Å². The number of nitrogens with two attached hydrogens (primary N) is 1. The molecule has 2 nitrogen and oxygen atoms in total. The van der Waals surface area contributed by atoms with E-state index in [9.17, 15) is 9.18 Å². The lowest BCUT2D eigenvalue weighted by molar-refractivity contribution is 0.112. The number of halogens is 1. The van der Waals surface area contributed by atoms with E-state index in [1.54, 1.807) is 0 Å². The Morgan fingerprint density at radius 2 is 2.31 bits per heavy atom. The van der Waals surface area contributed by atoms with Crippen LogP contribution in [0.25, 0.3) is 0 Å². The predicted molar refractivity (Wildman–Crippen MR) is 47.7 cm³/mol. The molecule has 0 saturated carbocycles. The minimum atomic E-state index is -0.495. The first-order chi connectivity index (χ1) is 6.29. The molecule has 0 amide bonds. The third kappa shape index (κ3) is 2.14. The Bertz CT molecular complexity index is 376. The number of rotatable bonds is 1. The standard InChI is InChI=1S/C10H8FNO/c11-10-5-1-3-8(7-13)9(10)4-2-6-12/h1,3,5,7H,6,12H2. The maximum atomic E-state index is 13.1. The van der Waals surface area contributed by atoms with Crippen molar-refractivity contribution in [2.75, 3.05) is 6.54 Å². The molecule has 66 valence electrons. The molecule has 0 aliphatic rings. The first-order valence-corrected chi connectivity index (χ1v) is 3.72. The van der Waals surface area contributed by atoms with Crippen LogP contribution in [-0.2, 0) is 0 Å². The van der Waals surface area contributed by atoms with Crippen LogP contribution in [0.3, 0.4) is 0 Å². The average Bonchev–Trinajstić information content (AvgIpc) is 2.15. The van der Waals surface area contributed by atoms with E-state index in [2.05, 4.69) is 11.8 Å². The number of aldehydes is 1. The van der Waals surface area contributed by atoms with Gasteiger partial charge in [-0.3, -0.25) is 4.79 Å². The molecule has 0 bridgehead atoms.